The van der Waals surface area contributed by atoms with E-state index in [0.717, 1.165) is 11.8 Å². The Morgan fingerprint density at radius 2 is 1.86 bits per heavy atom. The average molecular weight is 197 g/mol. The van der Waals surface area contributed by atoms with Crippen LogP contribution in [-0.4, -0.2) is 5.54 Å². The second kappa shape index (κ2) is 3.84. The van der Waals surface area contributed by atoms with Gasteiger partial charge in [0.25, 0.3) is 0 Å². The summed E-state index contributed by atoms with van der Waals surface area (Å²) in [7, 11) is 0. The van der Waals surface area contributed by atoms with Gasteiger partial charge in [-0.1, -0.05) is 41.0 Å². The molecule has 84 valence electrons. The molecule has 3 atom stereocenters. The summed E-state index contributed by atoms with van der Waals surface area (Å²) in [4.78, 5) is 0. The molecule has 14 heavy (non-hydrogen) atoms. The van der Waals surface area contributed by atoms with Crippen LogP contribution < -0.4 is 5.73 Å². The van der Waals surface area contributed by atoms with Crippen LogP contribution >= 0.6 is 0 Å². The van der Waals surface area contributed by atoms with Crippen molar-refractivity contribution in [3.8, 4) is 0 Å². The highest BCUT2D eigenvalue weighted by atomic mass is 14.8. The van der Waals surface area contributed by atoms with Crippen molar-refractivity contribution in [3.05, 3.63) is 0 Å². The van der Waals surface area contributed by atoms with E-state index in [0.29, 0.717) is 5.41 Å². The van der Waals surface area contributed by atoms with Gasteiger partial charge >= 0.3 is 0 Å². The Labute approximate surface area is 89.5 Å². The van der Waals surface area contributed by atoms with Gasteiger partial charge in [0, 0.05) is 5.54 Å². The van der Waals surface area contributed by atoms with Crippen LogP contribution in [0, 0.1) is 17.3 Å². The lowest BCUT2D eigenvalue weighted by molar-refractivity contribution is 0.0366. The van der Waals surface area contributed by atoms with Crippen LogP contribution in [0.2, 0.25) is 0 Å². The van der Waals surface area contributed by atoms with Crippen LogP contribution in [0.4, 0.5) is 0 Å². The minimum absolute atomic E-state index is 0.115. The Kier molecular flexibility index (Phi) is 3.30. The van der Waals surface area contributed by atoms with Crippen molar-refractivity contribution in [2.75, 3.05) is 0 Å². The highest BCUT2D eigenvalue weighted by Gasteiger charge is 2.43. The molecule has 1 nitrogen and oxygen atoms in total. The second-order valence-corrected chi connectivity index (χ2v) is 6.25. The molecule has 0 spiro atoms. The number of hydrogen-bond donors (Lipinski definition) is 1. The van der Waals surface area contributed by atoms with Gasteiger partial charge in [-0.15, -0.1) is 0 Å². The summed E-state index contributed by atoms with van der Waals surface area (Å²) in [6.45, 7) is 11.7. The first-order valence-electron chi connectivity index (χ1n) is 6.09. The van der Waals surface area contributed by atoms with E-state index in [9.17, 15) is 0 Å². The molecule has 1 rings (SSSR count). The largest absolute Gasteiger partial charge is 0.325 e. The standard InChI is InChI=1S/C13H27N/c1-6-7-13(14)8-10(2)11(3)12(4,5)9-13/h10-11H,6-9,14H2,1-5H3. The van der Waals surface area contributed by atoms with Crippen molar-refractivity contribution in [3.63, 3.8) is 0 Å². The molecule has 1 aliphatic rings. The van der Waals surface area contributed by atoms with E-state index in [4.69, 9.17) is 5.73 Å². The number of rotatable bonds is 2. The lowest BCUT2D eigenvalue weighted by atomic mass is 9.58. The quantitative estimate of drug-likeness (QED) is 0.719. The topological polar surface area (TPSA) is 26.0 Å². The highest BCUT2D eigenvalue weighted by molar-refractivity contribution is 4.99. The van der Waals surface area contributed by atoms with Crippen LogP contribution in [0.3, 0.4) is 0 Å². The Morgan fingerprint density at radius 1 is 1.29 bits per heavy atom. The van der Waals surface area contributed by atoms with Gasteiger partial charge in [0.1, 0.15) is 0 Å². The van der Waals surface area contributed by atoms with Crippen LogP contribution in [0.15, 0.2) is 0 Å². The van der Waals surface area contributed by atoms with E-state index in [-0.39, 0.29) is 5.54 Å². The molecule has 3 unspecified atom stereocenters. The first-order valence-corrected chi connectivity index (χ1v) is 6.09. The average Bonchev–Trinajstić information content (AvgIpc) is 1.99. The molecule has 0 bridgehead atoms. The Bertz CT molecular complexity index is 197. The zero-order chi connectivity index (χ0) is 11.0. The molecule has 0 heterocycles. The maximum absolute atomic E-state index is 6.50. The normalized spacial score (nSPS) is 42.4. The fourth-order valence-corrected chi connectivity index (χ4v) is 3.42. The lowest BCUT2D eigenvalue weighted by Gasteiger charge is -2.50. The van der Waals surface area contributed by atoms with E-state index in [1.165, 1.54) is 25.7 Å². The van der Waals surface area contributed by atoms with Crippen molar-refractivity contribution in [1.82, 2.24) is 0 Å². The predicted octanol–water partition coefficient (Wildman–Crippen LogP) is 3.58. The zero-order valence-corrected chi connectivity index (χ0v) is 10.6. The first-order chi connectivity index (χ1) is 6.31. The second-order valence-electron chi connectivity index (χ2n) is 6.25. The van der Waals surface area contributed by atoms with Crippen molar-refractivity contribution in [2.24, 2.45) is 23.0 Å². The summed E-state index contributed by atoms with van der Waals surface area (Å²) in [6.07, 6.45) is 4.81. The Balaban J connectivity index is 2.77. The fraction of sp³-hybridized carbons (Fsp3) is 1.00. The molecule has 0 amide bonds. The fourth-order valence-electron chi connectivity index (χ4n) is 3.42. The molecule has 0 saturated heterocycles. The van der Waals surface area contributed by atoms with Crippen LogP contribution in [-0.2, 0) is 0 Å². The summed E-state index contributed by atoms with van der Waals surface area (Å²) >= 11 is 0. The van der Waals surface area contributed by atoms with Crippen molar-refractivity contribution in [1.29, 1.82) is 0 Å². The van der Waals surface area contributed by atoms with Gasteiger partial charge < -0.3 is 5.73 Å². The molecule has 1 saturated carbocycles. The molecule has 0 aromatic heterocycles. The molecular formula is C13H27N. The lowest BCUT2D eigenvalue weighted by Crippen LogP contribution is -2.52. The summed E-state index contributed by atoms with van der Waals surface area (Å²) in [5.74, 6) is 1.58. The summed E-state index contributed by atoms with van der Waals surface area (Å²) < 4.78 is 0. The summed E-state index contributed by atoms with van der Waals surface area (Å²) in [6, 6.07) is 0. The molecular weight excluding hydrogens is 170 g/mol. The molecule has 0 aromatic carbocycles. The Hall–Kier alpha value is -0.0400. The van der Waals surface area contributed by atoms with Crippen LogP contribution in [0.1, 0.15) is 60.3 Å². The molecule has 1 fully saturated rings. The minimum atomic E-state index is 0.115. The van der Waals surface area contributed by atoms with E-state index >= 15 is 0 Å². The molecule has 1 aliphatic carbocycles. The smallest absolute Gasteiger partial charge is 0.0162 e. The minimum Gasteiger partial charge on any atom is -0.325 e. The molecule has 1 heteroatoms. The maximum Gasteiger partial charge on any atom is 0.0162 e. The highest BCUT2D eigenvalue weighted by Crippen LogP contribution is 2.48. The maximum atomic E-state index is 6.50. The van der Waals surface area contributed by atoms with Crippen molar-refractivity contribution < 1.29 is 0 Å². The molecule has 0 aromatic rings. The Morgan fingerprint density at radius 3 is 2.29 bits per heavy atom. The van der Waals surface area contributed by atoms with E-state index in [2.05, 4.69) is 34.6 Å². The van der Waals surface area contributed by atoms with Gasteiger partial charge in [-0.25, -0.2) is 0 Å². The zero-order valence-electron chi connectivity index (χ0n) is 10.6. The monoisotopic (exact) mass is 197 g/mol. The number of nitrogens with two attached hydrogens (primary N) is 1. The molecule has 0 radical (unpaired) electrons. The van der Waals surface area contributed by atoms with Crippen LogP contribution in [0.5, 0.6) is 0 Å². The van der Waals surface area contributed by atoms with Gasteiger partial charge in [0.2, 0.25) is 0 Å². The third-order valence-corrected chi connectivity index (χ3v) is 4.37. The van der Waals surface area contributed by atoms with Crippen LogP contribution in [0.25, 0.3) is 0 Å². The molecule has 0 aliphatic heterocycles. The number of hydrogen-bond acceptors (Lipinski definition) is 1. The van der Waals surface area contributed by atoms with Crippen molar-refractivity contribution in [2.45, 2.75) is 65.8 Å². The summed E-state index contributed by atoms with van der Waals surface area (Å²) in [5, 5.41) is 0. The SMILES string of the molecule is CCCC1(N)CC(C)C(C)C(C)(C)C1. The first kappa shape index (κ1) is 12.0. The van der Waals surface area contributed by atoms with Gasteiger partial charge in [0.15, 0.2) is 0 Å². The third kappa shape index (κ3) is 2.31. The van der Waals surface area contributed by atoms with Crippen molar-refractivity contribution >= 4 is 0 Å². The predicted molar refractivity (Wildman–Crippen MR) is 63.2 cm³/mol. The van der Waals surface area contributed by atoms with E-state index < -0.39 is 0 Å². The van der Waals surface area contributed by atoms with Gasteiger partial charge in [-0.3, -0.25) is 0 Å². The summed E-state index contributed by atoms with van der Waals surface area (Å²) in [5.41, 5.74) is 7.03. The van der Waals surface area contributed by atoms with E-state index in [1.807, 2.05) is 0 Å². The van der Waals surface area contributed by atoms with E-state index in [1.54, 1.807) is 0 Å². The van der Waals surface area contributed by atoms with Gasteiger partial charge in [0.05, 0.1) is 0 Å². The van der Waals surface area contributed by atoms with Gasteiger partial charge in [-0.05, 0) is 36.5 Å². The van der Waals surface area contributed by atoms with Gasteiger partial charge in [-0.2, -0.15) is 0 Å². The third-order valence-electron chi connectivity index (χ3n) is 4.37. The molecule has 2 N–H and O–H groups in total.